The van der Waals surface area contributed by atoms with Gasteiger partial charge >= 0.3 is 5.97 Å². The lowest BCUT2D eigenvalue weighted by Crippen LogP contribution is -2.52. The number of hydrogen-bond donors (Lipinski definition) is 1. The van der Waals surface area contributed by atoms with Crippen molar-refractivity contribution in [3.63, 3.8) is 0 Å². The van der Waals surface area contributed by atoms with Gasteiger partial charge in [0.25, 0.3) is 0 Å². The van der Waals surface area contributed by atoms with Crippen molar-refractivity contribution in [3.05, 3.63) is 11.8 Å². The second-order valence-corrected chi connectivity index (χ2v) is 4.93. The Labute approximate surface area is 103 Å². The van der Waals surface area contributed by atoms with Gasteiger partial charge in [0.15, 0.2) is 0 Å². The Morgan fingerprint density at radius 2 is 2.24 bits per heavy atom. The third-order valence-electron chi connectivity index (χ3n) is 2.16. The highest BCUT2D eigenvalue weighted by atomic mass is 32.2. The molecule has 0 aliphatic carbocycles. The Balaban J connectivity index is 0.000000249. The Hall–Kier alpha value is -1.50. The van der Waals surface area contributed by atoms with Gasteiger partial charge in [0.05, 0.1) is 11.8 Å². The lowest BCUT2D eigenvalue weighted by atomic mass is 10.1. The molecular formula is C10H14N2O4S. The van der Waals surface area contributed by atoms with Crippen molar-refractivity contribution in [1.82, 2.24) is 9.80 Å². The van der Waals surface area contributed by atoms with Crippen molar-refractivity contribution in [2.24, 2.45) is 0 Å². The van der Waals surface area contributed by atoms with E-state index in [1.54, 1.807) is 31.9 Å². The monoisotopic (exact) mass is 258 g/mol. The summed E-state index contributed by atoms with van der Waals surface area (Å²) in [5, 5.41) is 8.78. The van der Waals surface area contributed by atoms with E-state index in [9.17, 15) is 14.4 Å². The highest BCUT2D eigenvalue weighted by molar-refractivity contribution is 8.00. The minimum Gasteiger partial charge on any atom is -0.477 e. The van der Waals surface area contributed by atoms with E-state index in [0.29, 0.717) is 12.2 Å². The molecule has 2 amide bonds. The fourth-order valence-corrected chi connectivity index (χ4v) is 2.45. The van der Waals surface area contributed by atoms with Crippen molar-refractivity contribution in [2.45, 2.75) is 11.8 Å². The summed E-state index contributed by atoms with van der Waals surface area (Å²) in [6.07, 6.45) is 2.82. The summed E-state index contributed by atoms with van der Waals surface area (Å²) < 4.78 is 0. The van der Waals surface area contributed by atoms with Crippen LogP contribution < -0.4 is 0 Å². The normalized spacial score (nSPS) is 21.3. The van der Waals surface area contributed by atoms with Gasteiger partial charge in [0.2, 0.25) is 12.3 Å². The lowest BCUT2D eigenvalue weighted by molar-refractivity contribution is -0.146. The first-order valence-electron chi connectivity index (χ1n) is 4.96. The van der Waals surface area contributed by atoms with Gasteiger partial charge in [-0.05, 0) is 6.08 Å². The van der Waals surface area contributed by atoms with Gasteiger partial charge in [-0.15, -0.1) is 11.8 Å². The molecule has 0 spiro atoms. The number of β-lactam (4-membered cyclic amide) rings is 1. The van der Waals surface area contributed by atoms with Crippen LogP contribution in [0.25, 0.3) is 0 Å². The SMILES string of the molecule is CN(C)C=O.O=C(O)C1=CCS[C@@H]2CC(=O)N12. The largest absolute Gasteiger partial charge is 0.477 e. The summed E-state index contributed by atoms with van der Waals surface area (Å²) in [6, 6.07) is 0. The highest BCUT2D eigenvalue weighted by Gasteiger charge is 2.42. The van der Waals surface area contributed by atoms with E-state index in [1.165, 1.54) is 9.80 Å². The summed E-state index contributed by atoms with van der Waals surface area (Å²) in [4.78, 5) is 33.8. The molecular weight excluding hydrogens is 244 g/mol. The van der Waals surface area contributed by atoms with Gasteiger partial charge in [-0.2, -0.15) is 0 Å². The summed E-state index contributed by atoms with van der Waals surface area (Å²) in [5.74, 6) is -0.398. The van der Waals surface area contributed by atoms with Gasteiger partial charge < -0.3 is 10.0 Å². The van der Waals surface area contributed by atoms with Crippen molar-refractivity contribution in [1.29, 1.82) is 0 Å². The average molecular weight is 258 g/mol. The first kappa shape index (κ1) is 13.6. The first-order chi connectivity index (χ1) is 7.97. The number of nitrogens with zero attached hydrogens (tertiary/aromatic N) is 2. The summed E-state index contributed by atoms with van der Waals surface area (Å²) in [6.45, 7) is 0. The number of rotatable bonds is 2. The van der Waals surface area contributed by atoms with Crippen LogP contribution >= 0.6 is 11.8 Å². The molecule has 1 fully saturated rings. The topological polar surface area (TPSA) is 77.9 Å². The predicted molar refractivity (Wildman–Crippen MR) is 63.2 cm³/mol. The molecule has 2 rings (SSSR count). The number of thioether (sulfide) groups is 1. The second-order valence-electron chi connectivity index (χ2n) is 3.72. The average Bonchev–Trinajstić information content (AvgIpc) is 2.27. The molecule has 2 aliphatic rings. The fraction of sp³-hybridized carbons (Fsp3) is 0.500. The molecule has 0 saturated carbocycles. The van der Waals surface area contributed by atoms with Gasteiger partial charge in [-0.1, -0.05) is 0 Å². The van der Waals surface area contributed by atoms with Crippen LogP contribution in [0.5, 0.6) is 0 Å². The molecule has 0 aromatic carbocycles. The summed E-state index contributed by atoms with van der Waals surface area (Å²) in [5.41, 5.74) is 0.148. The third-order valence-corrected chi connectivity index (χ3v) is 3.28. The van der Waals surface area contributed by atoms with Crippen LogP contribution in [-0.2, 0) is 14.4 Å². The number of fused-ring (bicyclic) bond motifs is 1. The van der Waals surface area contributed by atoms with Gasteiger partial charge in [0, 0.05) is 19.8 Å². The first-order valence-corrected chi connectivity index (χ1v) is 6.01. The van der Waals surface area contributed by atoms with E-state index in [2.05, 4.69) is 0 Å². The number of aliphatic carboxylic acids is 1. The molecule has 0 aromatic rings. The molecule has 2 heterocycles. The number of carboxylic acid groups (broad SMARTS) is 1. The Morgan fingerprint density at radius 1 is 1.65 bits per heavy atom. The molecule has 1 saturated heterocycles. The number of carbonyl (C=O) groups excluding carboxylic acids is 2. The molecule has 1 N–H and O–H groups in total. The van der Waals surface area contributed by atoms with E-state index < -0.39 is 5.97 Å². The molecule has 1 atom stereocenters. The quantitative estimate of drug-likeness (QED) is 0.555. The zero-order valence-electron chi connectivity index (χ0n) is 9.62. The van der Waals surface area contributed by atoms with Crippen LogP contribution in [0.2, 0.25) is 0 Å². The van der Waals surface area contributed by atoms with Gasteiger partial charge in [-0.25, -0.2) is 4.79 Å². The van der Waals surface area contributed by atoms with Crippen molar-refractivity contribution in [3.8, 4) is 0 Å². The zero-order valence-corrected chi connectivity index (χ0v) is 10.4. The lowest BCUT2D eigenvalue weighted by Gasteiger charge is -2.42. The smallest absolute Gasteiger partial charge is 0.352 e. The van der Waals surface area contributed by atoms with Gasteiger partial charge in [0.1, 0.15) is 5.70 Å². The molecule has 2 aliphatic heterocycles. The van der Waals surface area contributed by atoms with E-state index >= 15 is 0 Å². The maximum absolute atomic E-state index is 11.0. The molecule has 0 aromatic heterocycles. The highest BCUT2D eigenvalue weighted by Crippen LogP contribution is 2.36. The zero-order chi connectivity index (χ0) is 13.0. The number of amides is 2. The fourth-order valence-electron chi connectivity index (χ4n) is 1.34. The van der Waals surface area contributed by atoms with Crippen LogP contribution in [-0.4, -0.2) is 58.4 Å². The summed E-state index contributed by atoms with van der Waals surface area (Å²) >= 11 is 1.60. The van der Waals surface area contributed by atoms with Crippen molar-refractivity contribution < 1.29 is 19.5 Å². The Bertz CT molecular complexity index is 367. The van der Waals surface area contributed by atoms with Crippen LogP contribution in [0.1, 0.15) is 6.42 Å². The molecule has 6 nitrogen and oxygen atoms in total. The Kier molecular flexibility index (Phi) is 4.56. The van der Waals surface area contributed by atoms with E-state index in [4.69, 9.17) is 5.11 Å². The molecule has 0 unspecified atom stereocenters. The standard InChI is InChI=1S/C7H7NO3S.C3H7NO/c9-5-3-6-8(5)4(7(10)11)1-2-12-6;1-4(2)3-5/h1,6H,2-3H2,(H,10,11);3H,1-2H3/t6-;/m1./s1. The predicted octanol–water partition coefficient (Wildman–Crippen LogP) is -0.0355. The van der Waals surface area contributed by atoms with Crippen LogP contribution in [0.4, 0.5) is 0 Å². The van der Waals surface area contributed by atoms with E-state index in [1.807, 2.05) is 0 Å². The van der Waals surface area contributed by atoms with Crippen LogP contribution in [0, 0.1) is 0 Å². The molecule has 0 radical (unpaired) electrons. The summed E-state index contributed by atoms with van der Waals surface area (Å²) in [7, 11) is 3.38. The van der Waals surface area contributed by atoms with Crippen LogP contribution in [0.3, 0.4) is 0 Å². The minimum absolute atomic E-state index is 0.0774. The van der Waals surface area contributed by atoms with Crippen molar-refractivity contribution in [2.75, 3.05) is 19.8 Å². The maximum atomic E-state index is 11.0. The molecule has 7 heteroatoms. The Morgan fingerprint density at radius 3 is 2.59 bits per heavy atom. The third kappa shape index (κ3) is 3.23. The number of hydrogen-bond acceptors (Lipinski definition) is 4. The minimum atomic E-state index is -1.01. The van der Waals surface area contributed by atoms with Gasteiger partial charge in [-0.3, -0.25) is 14.5 Å². The van der Waals surface area contributed by atoms with E-state index in [0.717, 1.165) is 6.41 Å². The number of carbonyl (C=O) groups is 3. The molecule has 94 valence electrons. The maximum Gasteiger partial charge on any atom is 0.352 e. The van der Waals surface area contributed by atoms with Crippen molar-refractivity contribution >= 4 is 30.0 Å². The number of carboxylic acids is 1. The second kappa shape index (κ2) is 5.72. The van der Waals surface area contributed by atoms with E-state index in [-0.39, 0.29) is 17.0 Å². The van der Waals surface area contributed by atoms with Crippen LogP contribution in [0.15, 0.2) is 11.8 Å². The molecule has 0 bridgehead atoms. The molecule has 17 heavy (non-hydrogen) atoms.